The second-order valence-electron chi connectivity index (χ2n) is 4.62. The van der Waals surface area contributed by atoms with Crippen molar-refractivity contribution in [2.75, 3.05) is 6.61 Å². The predicted molar refractivity (Wildman–Crippen MR) is 87.5 cm³/mol. The van der Waals surface area contributed by atoms with Gasteiger partial charge in [0.2, 0.25) is 0 Å². The molecule has 2 nitrogen and oxygen atoms in total. The molecule has 2 rings (SSSR count). The van der Waals surface area contributed by atoms with E-state index in [0.717, 1.165) is 26.9 Å². The Morgan fingerprint density at radius 3 is 2.65 bits per heavy atom. The predicted octanol–water partition coefficient (Wildman–Crippen LogP) is 4.86. The molecule has 0 saturated heterocycles. The summed E-state index contributed by atoms with van der Waals surface area (Å²) in [6.07, 6.45) is 0. The first kappa shape index (κ1) is 15.4. The molecular formula is C16H17BrClNO. The van der Waals surface area contributed by atoms with E-state index >= 15 is 0 Å². The van der Waals surface area contributed by atoms with Gasteiger partial charge in [-0.1, -0.05) is 45.2 Å². The first-order valence-electron chi connectivity index (χ1n) is 6.46. The van der Waals surface area contributed by atoms with Gasteiger partial charge in [0.05, 0.1) is 12.6 Å². The Kier molecular flexibility index (Phi) is 5.08. The van der Waals surface area contributed by atoms with Gasteiger partial charge in [-0.25, -0.2) is 0 Å². The van der Waals surface area contributed by atoms with Crippen LogP contribution in [0.3, 0.4) is 0 Å². The zero-order valence-corrected chi connectivity index (χ0v) is 13.8. The van der Waals surface area contributed by atoms with Crippen LogP contribution in [-0.2, 0) is 0 Å². The number of hydrogen-bond acceptors (Lipinski definition) is 2. The molecule has 2 aromatic rings. The van der Waals surface area contributed by atoms with Crippen molar-refractivity contribution in [2.45, 2.75) is 19.9 Å². The number of halogens is 2. The van der Waals surface area contributed by atoms with Gasteiger partial charge in [0.25, 0.3) is 0 Å². The highest BCUT2D eigenvalue weighted by Crippen LogP contribution is 2.34. The quantitative estimate of drug-likeness (QED) is 0.851. The second-order valence-corrected chi connectivity index (χ2v) is 5.94. The lowest BCUT2D eigenvalue weighted by Crippen LogP contribution is -2.14. The van der Waals surface area contributed by atoms with Crippen molar-refractivity contribution in [1.29, 1.82) is 0 Å². The van der Waals surface area contributed by atoms with Gasteiger partial charge < -0.3 is 10.5 Å². The molecule has 0 amide bonds. The van der Waals surface area contributed by atoms with Crippen molar-refractivity contribution in [3.63, 3.8) is 0 Å². The minimum Gasteiger partial charge on any atom is -0.494 e. The van der Waals surface area contributed by atoms with Crippen molar-refractivity contribution in [2.24, 2.45) is 5.73 Å². The van der Waals surface area contributed by atoms with E-state index in [1.807, 2.05) is 50.2 Å². The number of nitrogens with two attached hydrogens (primary N) is 1. The SMILES string of the molecule is CCOc1ccc(C)cc1C(N)c1cc(Br)ccc1Cl. The monoisotopic (exact) mass is 353 g/mol. The fourth-order valence-corrected chi connectivity index (χ4v) is 2.73. The summed E-state index contributed by atoms with van der Waals surface area (Å²) < 4.78 is 6.63. The lowest BCUT2D eigenvalue weighted by atomic mass is 9.97. The van der Waals surface area contributed by atoms with Crippen LogP contribution in [-0.4, -0.2) is 6.61 Å². The van der Waals surface area contributed by atoms with Crippen LogP contribution in [0.4, 0.5) is 0 Å². The lowest BCUT2D eigenvalue weighted by molar-refractivity contribution is 0.335. The molecule has 0 aliphatic rings. The molecule has 0 aromatic heterocycles. The summed E-state index contributed by atoms with van der Waals surface area (Å²) in [6.45, 7) is 4.60. The maximum absolute atomic E-state index is 6.40. The van der Waals surface area contributed by atoms with E-state index in [2.05, 4.69) is 15.9 Å². The van der Waals surface area contributed by atoms with Gasteiger partial charge in [0, 0.05) is 15.1 Å². The molecule has 2 N–H and O–H groups in total. The zero-order chi connectivity index (χ0) is 14.7. The molecule has 0 spiro atoms. The largest absolute Gasteiger partial charge is 0.494 e. The molecule has 0 aliphatic heterocycles. The van der Waals surface area contributed by atoms with E-state index < -0.39 is 0 Å². The topological polar surface area (TPSA) is 35.2 Å². The van der Waals surface area contributed by atoms with E-state index in [1.54, 1.807) is 0 Å². The lowest BCUT2D eigenvalue weighted by Gasteiger charge is -2.19. The number of hydrogen-bond donors (Lipinski definition) is 1. The Morgan fingerprint density at radius 2 is 1.95 bits per heavy atom. The van der Waals surface area contributed by atoms with Gasteiger partial charge in [-0.3, -0.25) is 0 Å². The van der Waals surface area contributed by atoms with Crippen LogP contribution in [0.2, 0.25) is 5.02 Å². The fraction of sp³-hybridized carbons (Fsp3) is 0.250. The minimum atomic E-state index is -0.318. The Labute approximate surface area is 133 Å². The summed E-state index contributed by atoms with van der Waals surface area (Å²) in [5.74, 6) is 0.807. The fourth-order valence-electron chi connectivity index (χ4n) is 2.12. The third-order valence-electron chi connectivity index (χ3n) is 3.09. The molecule has 2 aromatic carbocycles. The molecule has 20 heavy (non-hydrogen) atoms. The van der Waals surface area contributed by atoms with Gasteiger partial charge in [0.15, 0.2) is 0 Å². The average molecular weight is 355 g/mol. The summed E-state index contributed by atoms with van der Waals surface area (Å²) >= 11 is 9.72. The van der Waals surface area contributed by atoms with Crippen molar-refractivity contribution in [1.82, 2.24) is 0 Å². The number of rotatable bonds is 4. The van der Waals surface area contributed by atoms with Crippen molar-refractivity contribution in [3.05, 3.63) is 62.6 Å². The molecule has 0 bridgehead atoms. The average Bonchev–Trinajstić information content (AvgIpc) is 2.43. The molecule has 106 valence electrons. The van der Waals surface area contributed by atoms with Crippen LogP contribution in [0.15, 0.2) is 40.9 Å². The molecule has 0 fully saturated rings. The standard InChI is InChI=1S/C16H17BrClNO/c1-3-20-15-7-4-10(2)8-13(15)16(19)12-9-11(17)5-6-14(12)18/h4-9,16H,3,19H2,1-2H3. The molecule has 4 heteroatoms. The third kappa shape index (κ3) is 3.35. The van der Waals surface area contributed by atoms with Crippen molar-refractivity contribution < 1.29 is 4.74 Å². The Balaban J connectivity index is 2.49. The summed E-state index contributed by atoms with van der Waals surface area (Å²) in [5.41, 5.74) is 9.38. The van der Waals surface area contributed by atoms with E-state index in [0.29, 0.717) is 11.6 Å². The first-order valence-corrected chi connectivity index (χ1v) is 7.64. The molecule has 1 atom stereocenters. The Morgan fingerprint density at radius 1 is 1.20 bits per heavy atom. The van der Waals surface area contributed by atoms with Crippen LogP contribution in [0.25, 0.3) is 0 Å². The van der Waals surface area contributed by atoms with Crippen LogP contribution >= 0.6 is 27.5 Å². The highest BCUT2D eigenvalue weighted by Gasteiger charge is 2.17. The Hall–Kier alpha value is -1.03. The molecule has 1 unspecified atom stereocenters. The number of aryl methyl sites for hydroxylation is 1. The zero-order valence-electron chi connectivity index (χ0n) is 11.5. The van der Waals surface area contributed by atoms with Gasteiger partial charge in [0.1, 0.15) is 5.75 Å². The van der Waals surface area contributed by atoms with Crippen LogP contribution in [0.5, 0.6) is 5.75 Å². The van der Waals surface area contributed by atoms with Crippen molar-refractivity contribution >= 4 is 27.5 Å². The normalized spacial score (nSPS) is 12.2. The van der Waals surface area contributed by atoms with Crippen molar-refractivity contribution in [3.8, 4) is 5.75 Å². The molecule has 0 saturated carbocycles. The van der Waals surface area contributed by atoms with Crippen LogP contribution in [0, 0.1) is 6.92 Å². The van der Waals surface area contributed by atoms with Crippen LogP contribution in [0.1, 0.15) is 29.7 Å². The highest BCUT2D eigenvalue weighted by molar-refractivity contribution is 9.10. The molecule has 0 aliphatic carbocycles. The maximum Gasteiger partial charge on any atom is 0.124 e. The summed E-state index contributed by atoms with van der Waals surface area (Å²) in [6, 6.07) is 11.4. The van der Waals surface area contributed by atoms with E-state index in [9.17, 15) is 0 Å². The summed E-state index contributed by atoms with van der Waals surface area (Å²) in [4.78, 5) is 0. The molecular weight excluding hydrogens is 338 g/mol. The van der Waals surface area contributed by atoms with Gasteiger partial charge in [-0.15, -0.1) is 0 Å². The van der Waals surface area contributed by atoms with E-state index in [4.69, 9.17) is 22.1 Å². The molecule has 0 heterocycles. The second kappa shape index (κ2) is 6.61. The number of benzene rings is 2. The van der Waals surface area contributed by atoms with Gasteiger partial charge >= 0.3 is 0 Å². The number of ether oxygens (including phenoxy) is 1. The summed E-state index contributed by atoms with van der Waals surface area (Å²) in [5, 5.41) is 0.657. The van der Waals surface area contributed by atoms with Crippen LogP contribution < -0.4 is 10.5 Å². The van der Waals surface area contributed by atoms with Gasteiger partial charge in [-0.05, 0) is 43.7 Å². The first-order chi connectivity index (χ1) is 9.52. The smallest absolute Gasteiger partial charge is 0.124 e. The molecule has 0 radical (unpaired) electrons. The third-order valence-corrected chi connectivity index (χ3v) is 3.93. The van der Waals surface area contributed by atoms with Gasteiger partial charge in [-0.2, -0.15) is 0 Å². The summed E-state index contributed by atoms with van der Waals surface area (Å²) in [7, 11) is 0. The minimum absolute atomic E-state index is 0.318. The van der Waals surface area contributed by atoms with E-state index in [1.165, 1.54) is 0 Å². The van der Waals surface area contributed by atoms with E-state index in [-0.39, 0.29) is 6.04 Å². The Bertz CT molecular complexity index is 615. The highest BCUT2D eigenvalue weighted by atomic mass is 79.9. The maximum atomic E-state index is 6.40.